The van der Waals surface area contributed by atoms with Crippen molar-refractivity contribution in [2.45, 2.75) is 83.3 Å². The Kier molecular flexibility index (Phi) is 7.58. The summed E-state index contributed by atoms with van der Waals surface area (Å²) in [4.78, 5) is 11.3. The Labute approximate surface area is 174 Å². The molecular formula is C24H38O5. The van der Waals surface area contributed by atoms with E-state index < -0.39 is 12.1 Å². The Morgan fingerprint density at radius 2 is 2.03 bits per heavy atom. The fraction of sp³-hybridized carbons (Fsp3) is 0.792. The van der Waals surface area contributed by atoms with Crippen LogP contribution < -0.4 is 0 Å². The summed E-state index contributed by atoms with van der Waals surface area (Å²) >= 11 is 0. The van der Waals surface area contributed by atoms with Crippen LogP contribution in [-0.2, 0) is 9.53 Å². The molecule has 5 heteroatoms. The molecule has 29 heavy (non-hydrogen) atoms. The minimum atomic E-state index is -0.875. The predicted molar refractivity (Wildman–Crippen MR) is 112 cm³/mol. The second kappa shape index (κ2) is 9.76. The van der Waals surface area contributed by atoms with Crippen molar-refractivity contribution >= 4 is 5.97 Å². The topological polar surface area (TPSA) is 87.0 Å². The van der Waals surface area contributed by atoms with Gasteiger partial charge in [0.1, 0.15) is 0 Å². The number of aliphatic hydroxyl groups excluding tert-OH is 2. The molecule has 5 nitrogen and oxygen atoms in total. The van der Waals surface area contributed by atoms with E-state index in [4.69, 9.17) is 4.74 Å². The van der Waals surface area contributed by atoms with Crippen molar-refractivity contribution in [1.82, 2.24) is 0 Å². The van der Waals surface area contributed by atoms with Crippen LogP contribution in [0.4, 0.5) is 0 Å². The van der Waals surface area contributed by atoms with Crippen LogP contribution in [0.15, 0.2) is 23.3 Å². The summed E-state index contributed by atoms with van der Waals surface area (Å²) in [6.07, 6.45) is 13.2. The monoisotopic (exact) mass is 406 g/mol. The molecule has 0 aromatic rings. The van der Waals surface area contributed by atoms with E-state index in [0.717, 1.165) is 57.8 Å². The van der Waals surface area contributed by atoms with Gasteiger partial charge in [0.05, 0.1) is 18.6 Å². The highest BCUT2D eigenvalue weighted by molar-refractivity contribution is 5.67. The lowest BCUT2D eigenvalue weighted by Gasteiger charge is -2.46. The van der Waals surface area contributed by atoms with Gasteiger partial charge < -0.3 is 20.1 Å². The molecule has 0 heterocycles. The Bertz CT molecular complexity index is 639. The van der Waals surface area contributed by atoms with Gasteiger partial charge in [-0.25, -0.2) is 0 Å². The zero-order valence-corrected chi connectivity index (χ0v) is 18.0. The number of aliphatic carboxylic acids is 1. The molecule has 3 aliphatic carbocycles. The van der Waals surface area contributed by atoms with Gasteiger partial charge in [-0.3, -0.25) is 4.79 Å². The summed E-state index contributed by atoms with van der Waals surface area (Å²) in [6.45, 7) is 2.32. The van der Waals surface area contributed by atoms with Gasteiger partial charge >= 0.3 is 5.97 Å². The van der Waals surface area contributed by atoms with Crippen molar-refractivity contribution in [3.63, 3.8) is 0 Å². The number of carboxylic acid groups (broad SMARTS) is 1. The summed E-state index contributed by atoms with van der Waals surface area (Å²) < 4.78 is 5.53. The SMILES string of the molecule is COC(CC(=O)O)[C@@H](CO)[C@H]1CC[C@H]2C(=CC=C3CCC[C@H](O)C3)CCC[C@]12C. The fourth-order valence-corrected chi connectivity index (χ4v) is 6.52. The van der Waals surface area contributed by atoms with Gasteiger partial charge in [-0.1, -0.05) is 30.2 Å². The average Bonchev–Trinajstić information content (AvgIpc) is 3.03. The highest BCUT2D eigenvalue weighted by Gasteiger charge is 2.52. The second-order valence-corrected chi connectivity index (χ2v) is 9.63. The molecule has 0 aromatic carbocycles. The number of methoxy groups -OCH3 is 1. The van der Waals surface area contributed by atoms with E-state index in [1.54, 1.807) is 7.11 Å². The molecule has 3 N–H and O–H groups in total. The molecule has 0 bridgehead atoms. The number of fused-ring (bicyclic) bond motifs is 1. The number of allylic oxidation sites excluding steroid dienone is 3. The third-order valence-electron chi connectivity index (χ3n) is 7.99. The first kappa shape index (κ1) is 22.5. The summed E-state index contributed by atoms with van der Waals surface area (Å²) in [6, 6.07) is 0. The number of aliphatic hydroxyl groups is 2. The van der Waals surface area contributed by atoms with Crippen LogP contribution >= 0.6 is 0 Å². The normalized spacial score (nSPS) is 37.4. The third kappa shape index (κ3) is 4.95. The van der Waals surface area contributed by atoms with Gasteiger partial charge in [-0.15, -0.1) is 0 Å². The van der Waals surface area contributed by atoms with Crippen LogP contribution in [0.2, 0.25) is 0 Å². The second-order valence-electron chi connectivity index (χ2n) is 9.63. The first-order valence-electron chi connectivity index (χ1n) is 11.3. The van der Waals surface area contributed by atoms with Crippen molar-refractivity contribution in [2.24, 2.45) is 23.2 Å². The van der Waals surface area contributed by atoms with E-state index >= 15 is 0 Å². The lowest BCUT2D eigenvalue weighted by Crippen LogP contribution is -2.43. The van der Waals surface area contributed by atoms with Crippen molar-refractivity contribution in [2.75, 3.05) is 13.7 Å². The molecule has 0 radical (unpaired) electrons. The molecule has 3 rings (SSSR count). The molecule has 3 saturated carbocycles. The first-order valence-corrected chi connectivity index (χ1v) is 11.3. The van der Waals surface area contributed by atoms with Crippen LogP contribution in [0.3, 0.4) is 0 Å². The molecule has 0 aliphatic heterocycles. The number of rotatable bonds is 7. The molecule has 164 valence electrons. The maximum Gasteiger partial charge on any atom is 0.305 e. The van der Waals surface area contributed by atoms with Crippen LogP contribution in [0.1, 0.15) is 71.1 Å². The van der Waals surface area contributed by atoms with E-state index in [0.29, 0.717) is 5.92 Å². The molecule has 3 fully saturated rings. The Hall–Kier alpha value is -1.17. The molecule has 0 amide bonds. The molecular weight excluding hydrogens is 368 g/mol. The molecule has 0 spiro atoms. The van der Waals surface area contributed by atoms with Gasteiger partial charge in [0.25, 0.3) is 0 Å². The zero-order valence-electron chi connectivity index (χ0n) is 18.0. The zero-order chi connectivity index (χ0) is 21.0. The van der Waals surface area contributed by atoms with Gasteiger partial charge in [0, 0.05) is 19.6 Å². The minimum Gasteiger partial charge on any atom is -0.481 e. The van der Waals surface area contributed by atoms with Crippen molar-refractivity contribution in [3.05, 3.63) is 23.3 Å². The van der Waals surface area contributed by atoms with Crippen LogP contribution in [-0.4, -0.2) is 47.2 Å². The lowest BCUT2D eigenvalue weighted by molar-refractivity contribution is -0.142. The Morgan fingerprint density at radius 3 is 2.69 bits per heavy atom. The molecule has 0 aromatic heterocycles. The van der Waals surface area contributed by atoms with E-state index in [-0.39, 0.29) is 36.4 Å². The van der Waals surface area contributed by atoms with Crippen molar-refractivity contribution in [1.29, 1.82) is 0 Å². The number of carbonyl (C=O) groups is 1. The highest BCUT2D eigenvalue weighted by atomic mass is 16.5. The number of hydrogen-bond donors (Lipinski definition) is 3. The maximum atomic E-state index is 11.3. The van der Waals surface area contributed by atoms with E-state index in [1.807, 2.05) is 0 Å². The summed E-state index contributed by atoms with van der Waals surface area (Å²) in [5.41, 5.74) is 2.93. The lowest BCUT2D eigenvalue weighted by atomic mass is 9.60. The Balaban J connectivity index is 1.79. The molecule has 1 unspecified atom stereocenters. The van der Waals surface area contributed by atoms with Gasteiger partial charge in [0.15, 0.2) is 0 Å². The molecule has 6 atom stereocenters. The highest BCUT2D eigenvalue weighted by Crippen LogP contribution is 2.60. The minimum absolute atomic E-state index is 0.0280. The fourth-order valence-electron chi connectivity index (χ4n) is 6.52. The number of ether oxygens (including phenoxy) is 1. The summed E-state index contributed by atoms with van der Waals surface area (Å²) in [7, 11) is 1.56. The Morgan fingerprint density at radius 1 is 1.24 bits per heavy atom. The van der Waals surface area contributed by atoms with Crippen molar-refractivity contribution in [3.8, 4) is 0 Å². The summed E-state index contributed by atoms with van der Waals surface area (Å²) in [5, 5.41) is 29.3. The van der Waals surface area contributed by atoms with Gasteiger partial charge in [0.2, 0.25) is 0 Å². The summed E-state index contributed by atoms with van der Waals surface area (Å²) in [5.74, 6) is -0.254. The largest absolute Gasteiger partial charge is 0.481 e. The van der Waals surface area contributed by atoms with E-state index in [2.05, 4.69) is 19.1 Å². The van der Waals surface area contributed by atoms with E-state index in [9.17, 15) is 20.1 Å². The average molecular weight is 407 g/mol. The van der Waals surface area contributed by atoms with Crippen molar-refractivity contribution < 1.29 is 24.9 Å². The standard InChI is InChI=1S/C24H38O5/c1-24-12-4-6-17(9-8-16-5-3-7-18(26)13-16)20(24)10-11-21(24)19(15-25)22(29-2)14-23(27)28/h8-9,18-22,25-26H,3-7,10-15H2,1-2H3,(H,27,28)/t18-,19-,20-,21+,22?,24-/m0/s1. The van der Waals surface area contributed by atoms with Crippen LogP contribution in [0.5, 0.6) is 0 Å². The maximum absolute atomic E-state index is 11.3. The van der Waals surface area contributed by atoms with E-state index in [1.165, 1.54) is 11.1 Å². The smallest absolute Gasteiger partial charge is 0.305 e. The third-order valence-corrected chi connectivity index (χ3v) is 7.99. The quantitative estimate of drug-likeness (QED) is 0.593. The number of carboxylic acids is 1. The van der Waals surface area contributed by atoms with Gasteiger partial charge in [-0.05, 0) is 75.0 Å². The van der Waals surface area contributed by atoms with Crippen LogP contribution in [0, 0.1) is 23.2 Å². The van der Waals surface area contributed by atoms with Crippen LogP contribution in [0.25, 0.3) is 0 Å². The first-order chi connectivity index (χ1) is 13.9. The van der Waals surface area contributed by atoms with Gasteiger partial charge in [-0.2, -0.15) is 0 Å². The number of hydrogen-bond acceptors (Lipinski definition) is 4. The molecule has 0 saturated heterocycles. The molecule has 3 aliphatic rings. The predicted octanol–water partition coefficient (Wildman–Crippen LogP) is 4.09.